The minimum atomic E-state index is -0.355. The van der Waals surface area contributed by atoms with E-state index in [4.69, 9.17) is 4.74 Å². The summed E-state index contributed by atoms with van der Waals surface area (Å²) in [7, 11) is 0. The predicted molar refractivity (Wildman–Crippen MR) is 109 cm³/mol. The van der Waals surface area contributed by atoms with Crippen molar-refractivity contribution in [3.63, 3.8) is 0 Å². The van der Waals surface area contributed by atoms with Crippen molar-refractivity contribution in [3.05, 3.63) is 40.9 Å². The Bertz CT molecular complexity index is 930. The van der Waals surface area contributed by atoms with Crippen molar-refractivity contribution in [1.29, 1.82) is 0 Å². The Morgan fingerprint density at radius 1 is 1.28 bits per heavy atom. The van der Waals surface area contributed by atoms with Gasteiger partial charge in [-0.3, -0.25) is 14.5 Å². The van der Waals surface area contributed by atoms with Gasteiger partial charge in [0.25, 0.3) is 0 Å². The van der Waals surface area contributed by atoms with Gasteiger partial charge in [-0.15, -0.1) is 11.3 Å². The van der Waals surface area contributed by atoms with Crippen molar-refractivity contribution >= 4 is 40.1 Å². The van der Waals surface area contributed by atoms with Crippen LogP contribution in [0.1, 0.15) is 29.8 Å². The predicted octanol–water partition coefficient (Wildman–Crippen LogP) is 2.62. The van der Waals surface area contributed by atoms with E-state index in [0.29, 0.717) is 36.9 Å². The number of thiazole rings is 1. The average Bonchev–Trinajstić information content (AvgIpc) is 3.37. The molecule has 0 saturated carbocycles. The molecule has 1 aromatic heterocycles. The molecule has 1 aliphatic heterocycles. The molecule has 2 heterocycles. The van der Waals surface area contributed by atoms with Gasteiger partial charge < -0.3 is 15.0 Å². The molecule has 2 aliphatic rings. The van der Waals surface area contributed by atoms with Crippen LogP contribution in [0.15, 0.2) is 30.3 Å². The highest BCUT2D eigenvalue weighted by Gasteiger charge is 2.34. The summed E-state index contributed by atoms with van der Waals surface area (Å²) in [5.41, 5.74) is 1.53. The molecule has 8 nitrogen and oxygen atoms in total. The highest BCUT2D eigenvalue weighted by atomic mass is 32.1. The third-order valence-corrected chi connectivity index (χ3v) is 6.08. The third kappa shape index (κ3) is 3.95. The molecular formula is C20H22N4O4S. The summed E-state index contributed by atoms with van der Waals surface area (Å²) < 4.78 is 5.11. The lowest BCUT2D eigenvalue weighted by Gasteiger charge is -2.18. The van der Waals surface area contributed by atoms with Crippen molar-refractivity contribution < 1.29 is 19.1 Å². The first kappa shape index (κ1) is 19.4. The zero-order valence-electron chi connectivity index (χ0n) is 16.1. The number of urea groups is 1. The Balaban J connectivity index is 1.36. The molecule has 1 aliphatic carbocycles. The van der Waals surface area contributed by atoms with E-state index in [9.17, 15) is 14.4 Å². The Morgan fingerprint density at radius 3 is 2.83 bits per heavy atom. The van der Waals surface area contributed by atoms with E-state index in [0.717, 1.165) is 17.0 Å². The van der Waals surface area contributed by atoms with E-state index in [1.54, 1.807) is 11.8 Å². The van der Waals surface area contributed by atoms with E-state index in [1.807, 2.05) is 30.3 Å². The number of hydrogen-bond acceptors (Lipinski definition) is 6. The Hall–Kier alpha value is -2.94. The summed E-state index contributed by atoms with van der Waals surface area (Å²) in [5.74, 6) is -0.919. The van der Waals surface area contributed by atoms with Crippen molar-refractivity contribution in [2.75, 3.05) is 36.5 Å². The fourth-order valence-corrected chi connectivity index (χ4v) is 4.72. The zero-order valence-corrected chi connectivity index (χ0v) is 16.9. The molecule has 3 amide bonds. The van der Waals surface area contributed by atoms with Gasteiger partial charge in [0.05, 0.1) is 12.3 Å². The fraction of sp³-hybridized carbons (Fsp3) is 0.400. The molecule has 1 saturated heterocycles. The van der Waals surface area contributed by atoms with E-state index in [-0.39, 0.29) is 30.4 Å². The maximum Gasteiger partial charge on any atom is 0.325 e. The molecular weight excluding hydrogens is 392 g/mol. The lowest BCUT2D eigenvalue weighted by atomic mass is 10.1. The maximum absolute atomic E-state index is 12.6. The van der Waals surface area contributed by atoms with Gasteiger partial charge in [-0.2, -0.15) is 0 Å². The van der Waals surface area contributed by atoms with Crippen LogP contribution in [-0.2, 0) is 20.7 Å². The van der Waals surface area contributed by atoms with Crippen LogP contribution in [0.25, 0.3) is 0 Å². The lowest BCUT2D eigenvalue weighted by Crippen LogP contribution is -2.37. The number of amides is 3. The molecule has 1 unspecified atom stereocenters. The molecule has 1 aromatic carbocycles. The highest BCUT2D eigenvalue weighted by molar-refractivity contribution is 7.16. The smallest absolute Gasteiger partial charge is 0.325 e. The summed E-state index contributed by atoms with van der Waals surface area (Å²) >= 11 is 1.38. The molecule has 1 N–H and O–H groups in total. The number of carbonyl (C=O) groups excluding carboxylic acids is 3. The number of rotatable bonds is 6. The zero-order chi connectivity index (χ0) is 20.4. The molecule has 1 atom stereocenters. The number of nitrogens with zero attached hydrogens (tertiary/aromatic N) is 3. The topological polar surface area (TPSA) is 91.8 Å². The Labute approximate surface area is 172 Å². The van der Waals surface area contributed by atoms with Gasteiger partial charge in [-0.05, 0) is 31.9 Å². The first-order valence-electron chi connectivity index (χ1n) is 9.64. The van der Waals surface area contributed by atoms with Crippen LogP contribution in [0.3, 0.4) is 0 Å². The number of benzene rings is 1. The van der Waals surface area contributed by atoms with Crippen molar-refractivity contribution in [2.24, 2.45) is 0 Å². The van der Waals surface area contributed by atoms with E-state index >= 15 is 0 Å². The monoisotopic (exact) mass is 414 g/mol. The number of aryl methyl sites for hydroxylation is 1. The SMILES string of the molecule is CCOC(=O)C1CCc2sc(NC(=O)CN3CCN(c4ccccc4)C3=O)nc21. The maximum atomic E-state index is 12.6. The summed E-state index contributed by atoms with van der Waals surface area (Å²) in [4.78, 5) is 45.7. The van der Waals surface area contributed by atoms with Crippen LogP contribution in [-0.4, -0.2) is 54.0 Å². The molecule has 29 heavy (non-hydrogen) atoms. The first-order chi connectivity index (χ1) is 14.1. The van der Waals surface area contributed by atoms with Gasteiger partial charge in [-0.25, -0.2) is 9.78 Å². The molecule has 2 aromatic rings. The number of ether oxygens (including phenoxy) is 1. The van der Waals surface area contributed by atoms with Gasteiger partial charge in [0.1, 0.15) is 12.5 Å². The fourth-order valence-electron chi connectivity index (χ4n) is 3.66. The van der Waals surface area contributed by atoms with Crippen LogP contribution in [0.4, 0.5) is 15.6 Å². The number of anilines is 2. The van der Waals surface area contributed by atoms with Crippen molar-refractivity contribution in [3.8, 4) is 0 Å². The van der Waals surface area contributed by atoms with Gasteiger partial charge in [0.2, 0.25) is 5.91 Å². The third-order valence-electron chi connectivity index (χ3n) is 5.03. The minimum absolute atomic E-state index is 0.0340. The number of nitrogens with one attached hydrogen (secondary N) is 1. The Kier molecular flexibility index (Phi) is 5.48. The van der Waals surface area contributed by atoms with Gasteiger partial charge >= 0.3 is 12.0 Å². The summed E-state index contributed by atoms with van der Waals surface area (Å²) in [6.45, 7) is 3.11. The van der Waals surface area contributed by atoms with Crippen molar-refractivity contribution in [1.82, 2.24) is 9.88 Å². The van der Waals surface area contributed by atoms with E-state index in [1.165, 1.54) is 16.2 Å². The summed E-state index contributed by atoms with van der Waals surface area (Å²) in [6.07, 6.45) is 1.45. The second-order valence-corrected chi connectivity index (χ2v) is 7.99. The second kappa shape index (κ2) is 8.20. The quantitative estimate of drug-likeness (QED) is 0.734. The first-order valence-corrected chi connectivity index (χ1v) is 10.5. The minimum Gasteiger partial charge on any atom is -0.465 e. The highest BCUT2D eigenvalue weighted by Crippen LogP contribution is 2.39. The van der Waals surface area contributed by atoms with Crippen molar-refractivity contribution in [2.45, 2.75) is 25.7 Å². The number of carbonyl (C=O) groups is 3. The summed E-state index contributed by atoms with van der Waals surface area (Å²) in [6, 6.07) is 9.21. The Morgan fingerprint density at radius 2 is 2.07 bits per heavy atom. The number of fused-ring (bicyclic) bond motifs is 1. The molecule has 0 radical (unpaired) electrons. The van der Waals surface area contributed by atoms with E-state index < -0.39 is 0 Å². The number of esters is 1. The van der Waals surface area contributed by atoms with Gasteiger partial charge in [0.15, 0.2) is 5.13 Å². The molecule has 0 spiro atoms. The molecule has 1 fully saturated rings. The van der Waals surface area contributed by atoms with Gasteiger partial charge in [0, 0.05) is 23.7 Å². The van der Waals surface area contributed by atoms with Crippen LogP contribution in [0, 0.1) is 0 Å². The number of hydrogen-bond donors (Lipinski definition) is 1. The van der Waals surface area contributed by atoms with Crippen LogP contribution in [0.5, 0.6) is 0 Å². The molecule has 152 valence electrons. The normalized spacial score (nSPS) is 18.1. The molecule has 4 rings (SSSR count). The average molecular weight is 414 g/mol. The molecule has 0 bridgehead atoms. The number of aromatic nitrogens is 1. The van der Waals surface area contributed by atoms with Crippen LogP contribution < -0.4 is 10.2 Å². The standard InChI is InChI=1S/C20H22N4O4S/c1-2-28-18(26)14-8-9-15-17(14)22-19(29-15)21-16(25)12-23-10-11-24(20(23)27)13-6-4-3-5-7-13/h3-7,14H,2,8-12H2,1H3,(H,21,22,25). The van der Waals surface area contributed by atoms with E-state index in [2.05, 4.69) is 10.3 Å². The largest absolute Gasteiger partial charge is 0.465 e. The summed E-state index contributed by atoms with van der Waals surface area (Å²) in [5, 5.41) is 3.23. The van der Waals surface area contributed by atoms with Crippen LogP contribution in [0.2, 0.25) is 0 Å². The van der Waals surface area contributed by atoms with Gasteiger partial charge in [-0.1, -0.05) is 18.2 Å². The lowest BCUT2D eigenvalue weighted by molar-refractivity contribution is -0.145. The number of para-hydroxylation sites is 1. The van der Waals surface area contributed by atoms with Crippen LogP contribution >= 0.6 is 11.3 Å². The molecule has 9 heteroatoms. The second-order valence-electron chi connectivity index (χ2n) is 6.91.